The quantitative estimate of drug-likeness (QED) is 0.411. The van der Waals surface area contributed by atoms with Gasteiger partial charge in [-0.1, -0.05) is 0 Å². The number of amides is 2. The summed E-state index contributed by atoms with van der Waals surface area (Å²) in [5.74, 6) is -1.00. The summed E-state index contributed by atoms with van der Waals surface area (Å²) in [6, 6.07) is -0.172. The lowest BCUT2D eigenvalue weighted by Crippen LogP contribution is -2.37. The van der Waals surface area contributed by atoms with Crippen LogP contribution in [-0.2, 0) is 4.79 Å². The van der Waals surface area contributed by atoms with Crippen LogP contribution in [0.3, 0.4) is 0 Å². The number of aliphatic carboxylic acids is 1. The molecule has 0 spiro atoms. The molecule has 0 fully saturated rings. The van der Waals surface area contributed by atoms with Crippen molar-refractivity contribution >= 4 is 12.0 Å². The molecule has 0 radical (unpaired) electrons. The predicted molar refractivity (Wildman–Crippen MR) is 51.9 cm³/mol. The highest BCUT2D eigenvalue weighted by Gasteiger charge is 1.99. The Kier molecular flexibility index (Phi) is 5.93. The number of nitrogens with zero attached hydrogens (tertiary/aromatic N) is 1. The number of hydrogen-bond donors (Lipinski definition) is 3. The molecule has 0 aromatic carbocycles. The maximum atomic E-state index is 11.0. The highest BCUT2D eigenvalue weighted by atomic mass is 16.4. The van der Waals surface area contributed by atoms with Crippen molar-refractivity contribution in [1.82, 2.24) is 15.5 Å². The third kappa shape index (κ3) is 6.96. The minimum Gasteiger partial charge on any atom is -0.478 e. The Bertz CT molecular complexity index is 226. The minimum absolute atomic E-state index is 0.172. The SMILES string of the molecule is CN(C)C(=O)NCCN/C=C/C(=O)O. The third-order valence-corrected chi connectivity index (χ3v) is 1.30. The van der Waals surface area contributed by atoms with E-state index in [-0.39, 0.29) is 6.03 Å². The second-order valence-corrected chi connectivity index (χ2v) is 2.75. The molecule has 80 valence electrons. The number of nitrogens with one attached hydrogen (secondary N) is 2. The lowest BCUT2D eigenvalue weighted by atomic mass is 10.5. The zero-order valence-electron chi connectivity index (χ0n) is 8.28. The van der Waals surface area contributed by atoms with E-state index in [0.717, 1.165) is 6.08 Å². The van der Waals surface area contributed by atoms with Gasteiger partial charge < -0.3 is 20.6 Å². The highest BCUT2D eigenvalue weighted by molar-refractivity contribution is 5.79. The van der Waals surface area contributed by atoms with Gasteiger partial charge in [0.15, 0.2) is 0 Å². The fourth-order valence-electron chi connectivity index (χ4n) is 0.613. The summed E-state index contributed by atoms with van der Waals surface area (Å²) < 4.78 is 0. The first-order valence-electron chi connectivity index (χ1n) is 4.12. The molecular formula is C8H15N3O3. The average molecular weight is 201 g/mol. The lowest BCUT2D eigenvalue weighted by Gasteiger charge is -2.11. The Hall–Kier alpha value is -1.72. The Morgan fingerprint density at radius 3 is 2.50 bits per heavy atom. The third-order valence-electron chi connectivity index (χ3n) is 1.30. The van der Waals surface area contributed by atoms with E-state index in [9.17, 15) is 9.59 Å². The van der Waals surface area contributed by atoms with Crippen LogP contribution in [0.15, 0.2) is 12.3 Å². The van der Waals surface area contributed by atoms with Crippen LogP contribution in [0.1, 0.15) is 0 Å². The summed E-state index contributed by atoms with van der Waals surface area (Å²) in [5, 5.41) is 13.6. The van der Waals surface area contributed by atoms with Crippen molar-refractivity contribution in [2.75, 3.05) is 27.2 Å². The molecular weight excluding hydrogens is 186 g/mol. The van der Waals surface area contributed by atoms with Crippen LogP contribution in [0.5, 0.6) is 0 Å². The predicted octanol–water partition coefficient (Wildman–Crippen LogP) is -0.554. The van der Waals surface area contributed by atoms with E-state index in [2.05, 4.69) is 10.6 Å². The van der Waals surface area contributed by atoms with E-state index in [1.54, 1.807) is 14.1 Å². The van der Waals surface area contributed by atoms with Crippen LogP contribution in [0.4, 0.5) is 4.79 Å². The molecule has 0 aliphatic carbocycles. The van der Waals surface area contributed by atoms with Crippen LogP contribution in [-0.4, -0.2) is 49.2 Å². The van der Waals surface area contributed by atoms with Gasteiger partial charge in [-0.2, -0.15) is 0 Å². The molecule has 6 nitrogen and oxygen atoms in total. The normalized spacial score (nSPS) is 9.86. The molecule has 0 unspecified atom stereocenters. The summed E-state index contributed by atoms with van der Waals surface area (Å²) in [4.78, 5) is 22.4. The Morgan fingerprint density at radius 2 is 2.00 bits per heavy atom. The van der Waals surface area contributed by atoms with Crippen LogP contribution in [0.2, 0.25) is 0 Å². The van der Waals surface area contributed by atoms with E-state index >= 15 is 0 Å². The Balaban J connectivity index is 3.39. The van der Waals surface area contributed by atoms with Gasteiger partial charge in [0.1, 0.15) is 0 Å². The number of hydrogen-bond acceptors (Lipinski definition) is 3. The van der Waals surface area contributed by atoms with Crippen molar-refractivity contribution < 1.29 is 14.7 Å². The van der Waals surface area contributed by atoms with Crippen molar-refractivity contribution in [3.8, 4) is 0 Å². The standard InChI is InChI=1S/C8H15N3O3/c1-11(2)8(14)10-6-5-9-4-3-7(12)13/h3-4,9H,5-6H2,1-2H3,(H,10,14)(H,12,13)/b4-3+. The zero-order valence-corrected chi connectivity index (χ0v) is 8.28. The van der Waals surface area contributed by atoms with Gasteiger partial charge in [-0.15, -0.1) is 0 Å². The molecule has 14 heavy (non-hydrogen) atoms. The van der Waals surface area contributed by atoms with Crippen LogP contribution >= 0.6 is 0 Å². The first kappa shape index (κ1) is 12.3. The summed E-state index contributed by atoms with van der Waals surface area (Å²) in [7, 11) is 3.29. The topological polar surface area (TPSA) is 81.7 Å². The van der Waals surface area contributed by atoms with E-state index in [1.165, 1.54) is 11.1 Å². The van der Waals surface area contributed by atoms with Crippen LogP contribution in [0, 0.1) is 0 Å². The fraction of sp³-hybridized carbons (Fsp3) is 0.500. The van der Waals surface area contributed by atoms with Gasteiger partial charge in [0.25, 0.3) is 0 Å². The van der Waals surface area contributed by atoms with Crippen molar-refractivity contribution in [3.05, 3.63) is 12.3 Å². The zero-order chi connectivity index (χ0) is 11.0. The highest BCUT2D eigenvalue weighted by Crippen LogP contribution is 1.75. The molecule has 0 atom stereocenters. The van der Waals surface area contributed by atoms with E-state index in [1.807, 2.05) is 0 Å². The summed E-state index contributed by atoms with van der Waals surface area (Å²) >= 11 is 0. The van der Waals surface area contributed by atoms with E-state index < -0.39 is 5.97 Å². The molecule has 6 heteroatoms. The molecule has 0 aliphatic rings. The van der Waals surface area contributed by atoms with Crippen LogP contribution in [0.25, 0.3) is 0 Å². The Morgan fingerprint density at radius 1 is 1.36 bits per heavy atom. The average Bonchev–Trinajstić information content (AvgIpc) is 2.09. The molecule has 0 saturated carbocycles. The summed E-state index contributed by atoms with van der Waals surface area (Å²) in [5.41, 5.74) is 0. The monoisotopic (exact) mass is 201 g/mol. The van der Waals surface area contributed by atoms with Crippen molar-refractivity contribution in [2.24, 2.45) is 0 Å². The van der Waals surface area contributed by atoms with Gasteiger partial charge in [-0.05, 0) is 0 Å². The second-order valence-electron chi connectivity index (χ2n) is 2.75. The largest absolute Gasteiger partial charge is 0.478 e. The maximum absolute atomic E-state index is 11.0. The molecule has 0 aromatic rings. The molecule has 0 bridgehead atoms. The smallest absolute Gasteiger partial charge is 0.329 e. The van der Waals surface area contributed by atoms with Gasteiger partial charge in [-0.3, -0.25) is 0 Å². The van der Waals surface area contributed by atoms with Gasteiger partial charge >= 0.3 is 12.0 Å². The molecule has 0 saturated heterocycles. The van der Waals surface area contributed by atoms with Crippen molar-refractivity contribution in [1.29, 1.82) is 0 Å². The van der Waals surface area contributed by atoms with Gasteiger partial charge in [0.05, 0.1) is 0 Å². The molecule has 2 amide bonds. The second kappa shape index (κ2) is 6.76. The van der Waals surface area contributed by atoms with E-state index in [0.29, 0.717) is 13.1 Å². The fourth-order valence-corrected chi connectivity index (χ4v) is 0.613. The molecule has 0 aliphatic heterocycles. The first-order valence-corrected chi connectivity index (χ1v) is 4.12. The number of urea groups is 1. The molecule has 0 aromatic heterocycles. The number of carbonyl (C=O) groups excluding carboxylic acids is 1. The van der Waals surface area contributed by atoms with Gasteiger partial charge in [-0.25, -0.2) is 9.59 Å². The van der Waals surface area contributed by atoms with E-state index in [4.69, 9.17) is 5.11 Å². The number of rotatable bonds is 5. The molecule has 0 rings (SSSR count). The van der Waals surface area contributed by atoms with Gasteiger partial charge in [0.2, 0.25) is 0 Å². The lowest BCUT2D eigenvalue weighted by molar-refractivity contribution is -0.131. The summed E-state index contributed by atoms with van der Waals surface area (Å²) in [6.07, 6.45) is 2.32. The molecule has 0 heterocycles. The van der Waals surface area contributed by atoms with Crippen molar-refractivity contribution in [3.63, 3.8) is 0 Å². The van der Waals surface area contributed by atoms with Gasteiger partial charge in [0, 0.05) is 39.5 Å². The number of carbonyl (C=O) groups is 2. The molecule has 3 N–H and O–H groups in total. The van der Waals surface area contributed by atoms with Crippen molar-refractivity contribution in [2.45, 2.75) is 0 Å². The number of carboxylic acid groups (broad SMARTS) is 1. The Labute approximate surface area is 82.6 Å². The summed E-state index contributed by atoms with van der Waals surface area (Å²) in [6.45, 7) is 0.935. The first-order chi connectivity index (χ1) is 6.54. The van der Waals surface area contributed by atoms with Crippen LogP contribution < -0.4 is 10.6 Å². The number of carboxylic acids is 1. The maximum Gasteiger partial charge on any atom is 0.329 e. The minimum atomic E-state index is -1.00.